The lowest BCUT2D eigenvalue weighted by Gasteiger charge is -2.42. The van der Waals surface area contributed by atoms with Gasteiger partial charge in [-0.05, 0) is 37.0 Å². The van der Waals surface area contributed by atoms with Gasteiger partial charge in [-0.2, -0.15) is 0 Å². The molecule has 1 spiro atoms. The third-order valence-electron chi connectivity index (χ3n) is 3.89. The van der Waals surface area contributed by atoms with Gasteiger partial charge in [0.2, 0.25) is 0 Å². The summed E-state index contributed by atoms with van der Waals surface area (Å²) in [6, 6.07) is 0. The Bertz CT molecular complexity index is 137. The highest BCUT2D eigenvalue weighted by Gasteiger charge is 2.35. The molecule has 1 saturated heterocycles. The van der Waals surface area contributed by atoms with E-state index in [4.69, 9.17) is 4.74 Å². The Morgan fingerprint density at radius 2 is 1.58 bits per heavy atom. The zero-order valence-electron chi connectivity index (χ0n) is 8.14. The standard InChI is InChI=1S/C11H20O/c1-10-2-4-11(5-3-10)6-8-12-9-7-11/h10H,2-9H2,1H3. The summed E-state index contributed by atoms with van der Waals surface area (Å²) in [6.07, 6.45) is 8.52. The van der Waals surface area contributed by atoms with E-state index in [1.54, 1.807) is 0 Å². The van der Waals surface area contributed by atoms with Crippen LogP contribution in [0.1, 0.15) is 45.4 Å². The molecule has 0 N–H and O–H groups in total. The van der Waals surface area contributed by atoms with Crippen molar-refractivity contribution < 1.29 is 4.74 Å². The van der Waals surface area contributed by atoms with Crippen molar-refractivity contribution in [2.24, 2.45) is 11.3 Å². The number of hydrogen-bond acceptors (Lipinski definition) is 1. The zero-order valence-corrected chi connectivity index (χ0v) is 8.14. The molecule has 0 amide bonds. The quantitative estimate of drug-likeness (QED) is 0.540. The van der Waals surface area contributed by atoms with Crippen LogP contribution < -0.4 is 0 Å². The zero-order chi connectivity index (χ0) is 8.44. The highest BCUT2D eigenvalue weighted by atomic mass is 16.5. The second-order valence-corrected chi connectivity index (χ2v) is 4.79. The normalized spacial score (nSPS) is 30.8. The van der Waals surface area contributed by atoms with Gasteiger partial charge in [0.1, 0.15) is 0 Å². The molecule has 0 aromatic heterocycles. The van der Waals surface area contributed by atoms with Crippen molar-refractivity contribution in [2.45, 2.75) is 45.4 Å². The minimum absolute atomic E-state index is 0.713. The first-order valence-corrected chi connectivity index (χ1v) is 5.39. The summed E-state index contributed by atoms with van der Waals surface area (Å²) in [6.45, 7) is 4.44. The van der Waals surface area contributed by atoms with Crippen LogP contribution >= 0.6 is 0 Å². The van der Waals surface area contributed by atoms with E-state index < -0.39 is 0 Å². The van der Waals surface area contributed by atoms with Gasteiger partial charge in [-0.3, -0.25) is 0 Å². The molecule has 0 radical (unpaired) electrons. The van der Waals surface area contributed by atoms with E-state index in [1.165, 1.54) is 38.5 Å². The van der Waals surface area contributed by atoms with Crippen LogP contribution in [0.3, 0.4) is 0 Å². The van der Waals surface area contributed by atoms with Crippen LogP contribution in [0.2, 0.25) is 0 Å². The molecule has 0 bridgehead atoms. The van der Waals surface area contributed by atoms with Gasteiger partial charge < -0.3 is 4.74 Å². The maximum atomic E-state index is 5.42. The Kier molecular flexibility index (Phi) is 2.40. The summed E-state index contributed by atoms with van der Waals surface area (Å²) < 4.78 is 5.42. The number of hydrogen-bond donors (Lipinski definition) is 0. The van der Waals surface area contributed by atoms with Gasteiger partial charge in [-0.15, -0.1) is 0 Å². The third-order valence-corrected chi connectivity index (χ3v) is 3.89. The Morgan fingerprint density at radius 1 is 1.00 bits per heavy atom. The van der Waals surface area contributed by atoms with E-state index in [-0.39, 0.29) is 0 Å². The lowest BCUT2D eigenvalue weighted by Crippen LogP contribution is -2.33. The SMILES string of the molecule is CC1CCC2(CCOCC2)CC1. The first kappa shape index (κ1) is 8.55. The maximum absolute atomic E-state index is 5.42. The van der Waals surface area contributed by atoms with E-state index in [9.17, 15) is 0 Å². The predicted octanol–water partition coefficient (Wildman–Crippen LogP) is 2.99. The smallest absolute Gasteiger partial charge is 0.0471 e. The van der Waals surface area contributed by atoms with Crippen molar-refractivity contribution in [3.8, 4) is 0 Å². The van der Waals surface area contributed by atoms with Crippen LogP contribution in [0.25, 0.3) is 0 Å². The molecule has 1 aliphatic heterocycles. The topological polar surface area (TPSA) is 9.23 Å². The second-order valence-electron chi connectivity index (χ2n) is 4.79. The molecule has 2 rings (SSSR count). The molecular weight excluding hydrogens is 148 g/mol. The molecule has 70 valence electrons. The van der Waals surface area contributed by atoms with Crippen molar-refractivity contribution >= 4 is 0 Å². The van der Waals surface area contributed by atoms with Crippen LogP contribution in [0.5, 0.6) is 0 Å². The fourth-order valence-electron chi connectivity index (χ4n) is 2.68. The molecule has 2 aliphatic rings. The van der Waals surface area contributed by atoms with Gasteiger partial charge in [0.15, 0.2) is 0 Å². The van der Waals surface area contributed by atoms with Crippen LogP contribution in [-0.4, -0.2) is 13.2 Å². The van der Waals surface area contributed by atoms with E-state index >= 15 is 0 Å². The summed E-state index contributed by atoms with van der Waals surface area (Å²) >= 11 is 0. The van der Waals surface area contributed by atoms with Gasteiger partial charge in [0.25, 0.3) is 0 Å². The molecule has 0 atom stereocenters. The van der Waals surface area contributed by atoms with Crippen LogP contribution in [-0.2, 0) is 4.74 Å². The van der Waals surface area contributed by atoms with Gasteiger partial charge in [-0.25, -0.2) is 0 Å². The molecule has 1 heterocycles. The Labute approximate surface area is 75.5 Å². The molecule has 2 fully saturated rings. The summed E-state index contributed by atoms with van der Waals surface area (Å²) in [5, 5.41) is 0. The van der Waals surface area contributed by atoms with E-state index in [1.807, 2.05) is 0 Å². The van der Waals surface area contributed by atoms with Gasteiger partial charge in [0, 0.05) is 13.2 Å². The highest BCUT2D eigenvalue weighted by molar-refractivity contribution is 4.86. The van der Waals surface area contributed by atoms with E-state index in [0.29, 0.717) is 5.41 Å². The van der Waals surface area contributed by atoms with E-state index in [0.717, 1.165) is 19.1 Å². The molecule has 0 unspecified atom stereocenters. The summed E-state index contributed by atoms with van der Waals surface area (Å²) in [5.74, 6) is 0.985. The largest absolute Gasteiger partial charge is 0.381 e. The van der Waals surface area contributed by atoms with Gasteiger partial charge >= 0.3 is 0 Å². The second kappa shape index (κ2) is 3.37. The number of rotatable bonds is 0. The molecule has 1 heteroatoms. The summed E-state index contributed by atoms with van der Waals surface area (Å²) in [4.78, 5) is 0. The first-order chi connectivity index (χ1) is 5.81. The lowest BCUT2D eigenvalue weighted by molar-refractivity contribution is -0.0114. The highest BCUT2D eigenvalue weighted by Crippen LogP contribution is 2.45. The van der Waals surface area contributed by atoms with Crippen molar-refractivity contribution in [3.63, 3.8) is 0 Å². The van der Waals surface area contributed by atoms with Crippen molar-refractivity contribution in [2.75, 3.05) is 13.2 Å². The summed E-state index contributed by atoms with van der Waals surface area (Å²) in [7, 11) is 0. The Balaban J connectivity index is 1.92. The maximum Gasteiger partial charge on any atom is 0.0471 e. The fourth-order valence-corrected chi connectivity index (χ4v) is 2.68. The van der Waals surface area contributed by atoms with E-state index in [2.05, 4.69) is 6.92 Å². The average Bonchev–Trinajstić information content (AvgIpc) is 2.13. The molecule has 0 aromatic carbocycles. The monoisotopic (exact) mass is 168 g/mol. The molecular formula is C11H20O. The van der Waals surface area contributed by atoms with Crippen LogP contribution in [0.4, 0.5) is 0 Å². The van der Waals surface area contributed by atoms with Crippen molar-refractivity contribution in [3.05, 3.63) is 0 Å². The van der Waals surface area contributed by atoms with Crippen LogP contribution in [0.15, 0.2) is 0 Å². The molecule has 1 aliphatic carbocycles. The Hall–Kier alpha value is -0.0400. The van der Waals surface area contributed by atoms with Gasteiger partial charge in [-0.1, -0.05) is 19.8 Å². The predicted molar refractivity (Wildman–Crippen MR) is 50.1 cm³/mol. The Morgan fingerprint density at radius 3 is 2.17 bits per heavy atom. The van der Waals surface area contributed by atoms with Gasteiger partial charge in [0.05, 0.1) is 0 Å². The molecule has 1 saturated carbocycles. The summed E-state index contributed by atoms with van der Waals surface area (Å²) in [5.41, 5.74) is 0.713. The van der Waals surface area contributed by atoms with Crippen molar-refractivity contribution in [1.29, 1.82) is 0 Å². The lowest BCUT2D eigenvalue weighted by atomic mass is 9.67. The molecule has 0 aromatic rings. The van der Waals surface area contributed by atoms with Crippen molar-refractivity contribution in [1.82, 2.24) is 0 Å². The third kappa shape index (κ3) is 1.66. The molecule has 1 nitrogen and oxygen atoms in total. The fraction of sp³-hybridized carbons (Fsp3) is 1.00. The number of ether oxygens (including phenoxy) is 1. The van der Waals surface area contributed by atoms with Crippen LogP contribution in [0, 0.1) is 11.3 Å². The average molecular weight is 168 g/mol. The minimum atomic E-state index is 0.713. The first-order valence-electron chi connectivity index (χ1n) is 5.39. The minimum Gasteiger partial charge on any atom is -0.381 e. The molecule has 12 heavy (non-hydrogen) atoms.